The van der Waals surface area contributed by atoms with Crippen LogP contribution in [0.3, 0.4) is 0 Å². The van der Waals surface area contributed by atoms with Gasteiger partial charge in [-0.2, -0.15) is 0 Å². The molecule has 0 aliphatic heterocycles. The van der Waals surface area contributed by atoms with Crippen molar-refractivity contribution >= 4 is 50.5 Å². The molecule has 0 saturated carbocycles. The van der Waals surface area contributed by atoms with Crippen LogP contribution in [0, 0.1) is 0 Å². The Morgan fingerprint density at radius 3 is 2.35 bits per heavy atom. The molecule has 0 saturated heterocycles. The van der Waals surface area contributed by atoms with Crippen LogP contribution in [0.2, 0.25) is 0 Å². The molecule has 1 aromatic heterocycles. The second-order valence-corrected chi connectivity index (χ2v) is 5.07. The van der Waals surface area contributed by atoms with E-state index in [0.29, 0.717) is 30.8 Å². The minimum absolute atomic E-state index is 0.0184. The first-order valence-corrected chi connectivity index (χ1v) is 6.27. The van der Waals surface area contributed by atoms with Gasteiger partial charge in [-0.1, -0.05) is 0 Å². The van der Waals surface area contributed by atoms with Crippen molar-refractivity contribution in [1.82, 2.24) is 9.97 Å². The van der Waals surface area contributed by atoms with Crippen molar-refractivity contribution in [3.63, 3.8) is 0 Å². The van der Waals surface area contributed by atoms with E-state index >= 15 is 0 Å². The van der Waals surface area contributed by atoms with Gasteiger partial charge in [0.1, 0.15) is 12.0 Å². The molecule has 2 rings (SSSR count). The van der Waals surface area contributed by atoms with Crippen molar-refractivity contribution in [3.8, 4) is 17.0 Å². The van der Waals surface area contributed by atoms with Crippen molar-refractivity contribution in [3.05, 3.63) is 18.6 Å². The Morgan fingerprint density at radius 1 is 1.00 bits per heavy atom. The highest BCUT2D eigenvalue weighted by molar-refractivity contribution is 7.86. The molecule has 88 valence electrons. The van der Waals surface area contributed by atoms with Gasteiger partial charge in [0, 0.05) is 25.1 Å². The van der Waals surface area contributed by atoms with Gasteiger partial charge in [-0.3, -0.25) is 0 Å². The number of thiol groups is 4. The van der Waals surface area contributed by atoms with E-state index in [1.165, 1.54) is 12.5 Å². The summed E-state index contributed by atoms with van der Waals surface area (Å²) < 4.78 is 0. The van der Waals surface area contributed by atoms with Gasteiger partial charge < -0.3 is 5.11 Å². The van der Waals surface area contributed by atoms with Crippen molar-refractivity contribution in [2.75, 3.05) is 0 Å². The largest absolute Gasteiger partial charge is 0.504 e. The molecule has 2 aromatic rings. The fraction of sp³-hybridized carbons (Fsp3) is 0. The van der Waals surface area contributed by atoms with Gasteiger partial charge >= 0.3 is 0 Å². The third-order valence-electron chi connectivity index (χ3n) is 2.18. The summed E-state index contributed by atoms with van der Waals surface area (Å²) in [5, 5.41) is 9.71. The van der Waals surface area contributed by atoms with Crippen molar-refractivity contribution < 1.29 is 5.11 Å². The molecule has 1 N–H and O–H groups in total. The second kappa shape index (κ2) is 5.01. The van der Waals surface area contributed by atoms with E-state index < -0.39 is 0 Å². The number of hydrogen-bond donors (Lipinski definition) is 5. The standard InChI is InChI=1S/C10H8N2OS4/c13-5-2-11-3-12-7(5)4-1-6(14)9(16)10(17)8(4)15/h1-3,13-17H. The van der Waals surface area contributed by atoms with Crippen LogP contribution >= 0.6 is 50.5 Å². The maximum absolute atomic E-state index is 9.71. The van der Waals surface area contributed by atoms with Crippen LogP contribution in [0.4, 0.5) is 0 Å². The molecule has 0 atom stereocenters. The van der Waals surface area contributed by atoms with Crippen LogP contribution in [0.5, 0.6) is 5.75 Å². The molecular weight excluding hydrogens is 292 g/mol. The first kappa shape index (κ1) is 12.9. The van der Waals surface area contributed by atoms with Crippen LogP contribution in [0.1, 0.15) is 0 Å². The zero-order valence-corrected chi connectivity index (χ0v) is 11.9. The zero-order chi connectivity index (χ0) is 12.6. The lowest BCUT2D eigenvalue weighted by Crippen LogP contribution is -1.90. The summed E-state index contributed by atoms with van der Waals surface area (Å²) in [4.78, 5) is 10.2. The Labute approximate surface area is 120 Å². The van der Waals surface area contributed by atoms with Gasteiger partial charge in [0.25, 0.3) is 0 Å². The van der Waals surface area contributed by atoms with Crippen LogP contribution < -0.4 is 0 Å². The Balaban J connectivity index is 2.73. The molecule has 0 bridgehead atoms. The fourth-order valence-corrected chi connectivity index (χ4v) is 2.46. The second-order valence-electron chi connectivity index (χ2n) is 3.25. The minimum atomic E-state index is -0.0184. The van der Waals surface area contributed by atoms with Gasteiger partial charge in [0.2, 0.25) is 0 Å². The number of aromatic hydroxyl groups is 1. The fourth-order valence-electron chi connectivity index (χ4n) is 1.34. The van der Waals surface area contributed by atoms with Gasteiger partial charge in [-0.05, 0) is 6.07 Å². The molecule has 0 fully saturated rings. The predicted octanol–water partition coefficient (Wildman–Crippen LogP) is 3.00. The highest BCUT2D eigenvalue weighted by Crippen LogP contribution is 2.40. The monoisotopic (exact) mass is 300 g/mol. The summed E-state index contributed by atoms with van der Waals surface area (Å²) in [5.74, 6) is -0.0184. The average molecular weight is 300 g/mol. The van der Waals surface area contributed by atoms with Crippen LogP contribution in [-0.4, -0.2) is 15.1 Å². The molecule has 0 unspecified atom stereocenters. The molecule has 0 aliphatic rings. The summed E-state index contributed by atoms with van der Waals surface area (Å²) in [6.45, 7) is 0. The van der Waals surface area contributed by atoms with E-state index in [9.17, 15) is 5.11 Å². The number of aromatic nitrogens is 2. The summed E-state index contributed by atoms with van der Waals surface area (Å²) in [6, 6.07) is 1.73. The van der Waals surface area contributed by atoms with E-state index in [0.717, 1.165) is 0 Å². The maximum Gasteiger partial charge on any atom is 0.160 e. The average Bonchev–Trinajstić information content (AvgIpc) is 2.32. The Morgan fingerprint density at radius 2 is 1.71 bits per heavy atom. The molecule has 0 spiro atoms. The van der Waals surface area contributed by atoms with Crippen LogP contribution in [0.25, 0.3) is 11.3 Å². The van der Waals surface area contributed by atoms with Crippen molar-refractivity contribution in [2.24, 2.45) is 0 Å². The molecule has 1 aromatic carbocycles. The van der Waals surface area contributed by atoms with E-state index in [4.69, 9.17) is 0 Å². The van der Waals surface area contributed by atoms with E-state index in [2.05, 4.69) is 60.5 Å². The zero-order valence-electron chi connectivity index (χ0n) is 8.36. The van der Waals surface area contributed by atoms with Gasteiger partial charge in [-0.15, -0.1) is 50.5 Å². The van der Waals surface area contributed by atoms with E-state index in [-0.39, 0.29) is 5.75 Å². The summed E-state index contributed by atoms with van der Waals surface area (Å²) >= 11 is 17.2. The Kier molecular flexibility index (Phi) is 3.82. The normalized spacial score (nSPS) is 10.6. The summed E-state index contributed by atoms with van der Waals surface area (Å²) in [5.41, 5.74) is 1.03. The quantitative estimate of drug-likeness (QED) is 0.526. The number of benzene rings is 1. The third kappa shape index (κ3) is 2.37. The lowest BCUT2D eigenvalue weighted by Gasteiger charge is -2.11. The van der Waals surface area contributed by atoms with Gasteiger partial charge in [-0.25, -0.2) is 9.97 Å². The minimum Gasteiger partial charge on any atom is -0.504 e. The predicted molar refractivity (Wildman–Crippen MR) is 78.1 cm³/mol. The number of nitrogens with zero attached hydrogens (tertiary/aromatic N) is 2. The Bertz CT molecular complexity index is 589. The molecule has 0 radical (unpaired) electrons. The lowest BCUT2D eigenvalue weighted by molar-refractivity contribution is 0.472. The molecule has 0 aliphatic carbocycles. The van der Waals surface area contributed by atoms with Gasteiger partial charge in [0.05, 0.1) is 6.20 Å². The highest BCUT2D eigenvalue weighted by Gasteiger charge is 2.15. The lowest BCUT2D eigenvalue weighted by atomic mass is 10.1. The summed E-state index contributed by atoms with van der Waals surface area (Å²) in [7, 11) is 0. The molecule has 17 heavy (non-hydrogen) atoms. The summed E-state index contributed by atoms with van der Waals surface area (Å²) in [6.07, 6.45) is 2.67. The Hall–Kier alpha value is -0.500. The third-order valence-corrected chi connectivity index (χ3v) is 4.43. The van der Waals surface area contributed by atoms with E-state index in [1.807, 2.05) is 0 Å². The van der Waals surface area contributed by atoms with Crippen molar-refractivity contribution in [1.29, 1.82) is 0 Å². The first-order chi connectivity index (χ1) is 8.02. The maximum atomic E-state index is 9.71. The molecular formula is C10H8N2OS4. The highest BCUT2D eigenvalue weighted by atomic mass is 32.1. The number of rotatable bonds is 1. The van der Waals surface area contributed by atoms with E-state index in [1.54, 1.807) is 6.07 Å². The first-order valence-electron chi connectivity index (χ1n) is 4.48. The van der Waals surface area contributed by atoms with Crippen molar-refractivity contribution in [2.45, 2.75) is 19.6 Å². The van der Waals surface area contributed by atoms with Crippen LogP contribution in [-0.2, 0) is 0 Å². The molecule has 0 amide bonds. The van der Waals surface area contributed by atoms with Crippen LogP contribution in [0.15, 0.2) is 38.2 Å². The van der Waals surface area contributed by atoms with Gasteiger partial charge in [0.15, 0.2) is 5.75 Å². The topological polar surface area (TPSA) is 46.0 Å². The molecule has 1 heterocycles. The molecule has 7 heteroatoms. The SMILES string of the molecule is Oc1cncnc1-c1cc(S)c(S)c(S)c1S. The number of hydrogen-bond acceptors (Lipinski definition) is 7. The molecule has 3 nitrogen and oxygen atoms in total. The smallest absolute Gasteiger partial charge is 0.160 e.